The SMILES string of the molecule is CN(C)c1ccc(NC(=O)Cn2nc3n(c2=O)CCCC3)cc1. The predicted molar refractivity (Wildman–Crippen MR) is 88.8 cm³/mol. The molecular weight excluding hydrogens is 294 g/mol. The summed E-state index contributed by atoms with van der Waals surface area (Å²) < 4.78 is 2.92. The summed E-state index contributed by atoms with van der Waals surface area (Å²) in [5.74, 6) is 0.532. The van der Waals surface area contributed by atoms with E-state index in [9.17, 15) is 9.59 Å². The minimum atomic E-state index is -0.250. The van der Waals surface area contributed by atoms with Gasteiger partial charge in [-0.3, -0.25) is 9.36 Å². The van der Waals surface area contributed by atoms with Gasteiger partial charge in [-0.25, -0.2) is 9.48 Å². The Bertz CT molecular complexity index is 758. The highest BCUT2D eigenvalue weighted by atomic mass is 16.2. The van der Waals surface area contributed by atoms with Crippen LogP contribution in [0.5, 0.6) is 0 Å². The van der Waals surface area contributed by atoms with Crippen LogP contribution in [0, 0.1) is 0 Å². The van der Waals surface area contributed by atoms with Crippen LogP contribution in [-0.2, 0) is 24.3 Å². The molecule has 23 heavy (non-hydrogen) atoms. The lowest BCUT2D eigenvalue weighted by Gasteiger charge is -2.13. The molecule has 1 N–H and O–H groups in total. The summed E-state index contributed by atoms with van der Waals surface area (Å²) in [6.45, 7) is 0.635. The standard InChI is InChI=1S/C16H21N5O2/c1-19(2)13-8-6-12(7-9-13)17-15(22)11-21-16(23)20-10-4-3-5-14(20)18-21/h6-9H,3-5,10-11H2,1-2H3,(H,17,22). The van der Waals surface area contributed by atoms with Crippen LogP contribution >= 0.6 is 0 Å². The fourth-order valence-corrected chi connectivity index (χ4v) is 2.73. The average Bonchev–Trinajstić information content (AvgIpc) is 2.84. The van der Waals surface area contributed by atoms with Crippen LogP contribution in [0.2, 0.25) is 0 Å². The monoisotopic (exact) mass is 315 g/mol. The molecule has 0 saturated carbocycles. The van der Waals surface area contributed by atoms with Gasteiger partial charge in [-0.2, -0.15) is 5.10 Å². The third-order valence-corrected chi connectivity index (χ3v) is 3.99. The highest BCUT2D eigenvalue weighted by molar-refractivity contribution is 5.90. The molecule has 7 heteroatoms. The highest BCUT2D eigenvalue weighted by Crippen LogP contribution is 2.15. The maximum Gasteiger partial charge on any atom is 0.346 e. The molecule has 0 aliphatic carbocycles. The Morgan fingerprint density at radius 2 is 2.00 bits per heavy atom. The number of fused-ring (bicyclic) bond motifs is 1. The van der Waals surface area contributed by atoms with Gasteiger partial charge in [0.2, 0.25) is 5.91 Å². The summed E-state index contributed by atoms with van der Waals surface area (Å²) >= 11 is 0. The van der Waals surface area contributed by atoms with E-state index in [0.717, 1.165) is 30.8 Å². The molecule has 0 bridgehead atoms. The fourth-order valence-electron chi connectivity index (χ4n) is 2.73. The first-order chi connectivity index (χ1) is 11.0. The summed E-state index contributed by atoms with van der Waals surface area (Å²) in [6, 6.07) is 7.54. The van der Waals surface area contributed by atoms with Gasteiger partial charge in [0, 0.05) is 38.4 Å². The zero-order chi connectivity index (χ0) is 16.4. The molecule has 1 aliphatic rings. The molecule has 1 aromatic heterocycles. The van der Waals surface area contributed by atoms with Gasteiger partial charge in [0.1, 0.15) is 12.4 Å². The van der Waals surface area contributed by atoms with E-state index >= 15 is 0 Å². The van der Waals surface area contributed by atoms with E-state index in [1.165, 1.54) is 4.68 Å². The molecule has 0 spiro atoms. The first-order valence-corrected chi connectivity index (χ1v) is 7.78. The predicted octanol–water partition coefficient (Wildman–Crippen LogP) is 1.09. The van der Waals surface area contributed by atoms with Crippen LogP contribution < -0.4 is 15.9 Å². The number of aryl methyl sites for hydroxylation is 1. The first-order valence-electron chi connectivity index (χ1n) is 7.78. The van der Waals surface area contributed by atoms with Crippen molar-refractivity contribution < 1.29 is 4.79 Å². The number of amides is 1. The van der Waals surface area contributed by atoms with E-state index in [1.54, 1.807) is 4.57 Å². The lowest BCUT2D eigenvalue weighted by atomic mass is 10.2. The normalized spacial score (nSPS) is 13.5. The molecule has 0 atom stereocenters. The van der Waals surface area contributed by atoms with Gasteiger partial charge < -0.3 is 10.2 Å². The van der Waals surface area contributed by atoms with Crippen molar-refractivity contribution in [1.82, 2.24) is 14.3 Å². The van der Waals surface area contributed by atoms with Gasteiger partial charge in [0.15, 0.2) is 0 Å². The largest absolute Gasteiger partial charge is 0.378 e. The number of carbonyl (C=O) groups is 1. The van der Waals surface area contributed by atoms with Crippen molar-refractivity contribution in [3.05, 3.63) is 40.6 Å². The smallest absolute Gasteiger partial charge is 0.346 e. The van der Waals surface area contributed by atoms with Gasteiger partial charge in [0.25, 0.3) is 0 Å². The van der Waals surface area contributed by atoms with Gasteiger partial charge in [-0.05, 0) is 37.1 Å². The van der Waals surface area contributed by atoms with Crippen molar-refractivity contribution in [1.29, 1.82) is 0 Å². The summed E-state index contributed by atoms with van der Waals surface area (Å²) in [6.07, 6.45) is 2.83. The van der Waals surface area contributed by atoms with Crippen molar-refractivity contribution >= 4 is 17.3 Å². The maximum atomic E-state index is 12.2. The Hall–Kier alpha value is -2.57. The molecule has 0 fully saturated rings. The molecule has 1 amide bonds. The van der Waals surface area contributed by atoms with Gasteiger partial charge in [-0.1, -0.05) is 0 Å². The van der Waals surface area contributed by atoms with Gasteiger partial charge in [0.05, 0.1) is 0 Å². The number of anilines is 2. The molecule has 3 rings (SSSR count). The molecular formula is C16H21N5O2. The minimum absolute atomic E-state index is 0.0612. The van der Waals surface area contributed by atoms with Crippen molar-refractivity contribution in [3.63, 3.8) is 0 Å². The zero-order valence-corrected chi connectivity index (χ0v) is 13.5. The Balaban J connectivity index is 1.68. The molecule has 1 aromatic carbocycles. The molecule has 7 nitrogen and oxygen atoms in total. The van der Waals surface area contributed by atoms with Crippen molar-refractivity contribution in [2.75, 3.05) is 24.3 Å². The van der Waals surface area contributed by atoms with Crippen molar-refractivity contribution in [2.45, 2.75) is 32.4 Å². The third-order valence-electron chi connectivity index (χ3n) is 3.99. The second-order valence-corrected chi connectivity index (χ2v) is 5.95. The van der Waals surface area contributed by atoms with E-state index in [0.29, 0.717) is 12.2 Å². The topological polar surface area (TPSA) is 72.2 Å². The molecule has 0 saturated heterocycles. The van der Waals surface area contributed by atoms with E-state index in [2.05, 4.69) is 10.4 Å². The lowest BCUT2D eigenvalue weighted by Crippen LogP contribution is -2.30. The second-order valence-electron chi connectivity index (χ2n) is 5.95. The minimum Gasteiger partial charge on any atom is -0.378 e. The second kappa shape index (κ2) is 6.28. The van der Waals surface area contributed by atoms with E-state index in [1.807, 2.05) is 43.3 Å². The molecule has 122 valence electrons. The van der Waals surface area contributed by atoms with Crippen LogP contribution in [0.25, 0.3) is 0 Å². The van der Waals surface area contributed by atoms with Gasteiger partial charge >= 0.3 is 5.69 Å². The molecule has 0 unspecified atom stereocenters. The van der Waals surface area contributed by atoms with Crippen molar-refractivity contribution in [2.24, 2.45) is 0 Å². The summed E-state index contributed by atoms with van der Waals surface area (Å²) in [7, 11) is 3.92. The molecule has 2 aromatic rings. The zero-order valence-electron chi connectivity index (χ0n) is 13.5. The average molecular weight is 315 g/mol. The summed E-state index contributed by atoms with van der Waals surface area (Å²) in [5.41, 5.74) is 1.57. The number of hydrogen-bond donors (Lipinski definition) is 1. The van der Waals surface area contributed by atoms with Gasteiger partial charge in [-0.15, -0.1) is 0 Å². The van der Waals surface area contributed by atoms with E-state index in [4.69, 9.17) is 0 Å². The number of nitrogens with zero attached hydrogens (tertiary/aromatic N) is 4. The number of aromatic nitrogens is 3. The number of nitrogens with one attached hydrogen (secondary N) is 1. The highest BCUT2D eigenvalue weighted by Gasteiger charge is 2.18. The summed E-state index contributed by atoms with van der Waals surface area (Å²) in [5, 5.41) is 7.07. The Kier molecular flexibility index (Phi) is 4.18. The molecule has 2 heterocycles. The Morgan fingerprint density at radius 1 is 1.26 bits per heavy atom. The number of benzene rings is 1. The molecule has 1 aliphatic heterocycles. The fraction of sp³-hybridized carbons (Fsp3) is 0.438. The molecule has 0 radical (unpaired) electrons. The number of carbonyl (C=O) groups excluding carboxylic acids is 1. The Labute approximate surface area is 134 Å². The van der Waals surface area contributed by atoms with Crippen LogP contribution in [-0.4, -0.2) is 34.4 Å². The summed E-state index contributed by atoms with van der Waals surface area (Å²) in [4.78, 5) is 26.3. The van der Waals surface area contributed by atoms with Crippen LogP contribution in [0.15, 0.2) is 29.1 Å². The number of rotatable bonds is 4. The van der Waals surface area contributed by atoms with E-state index < -0.39 is 0 Å². The van der Waals surface area contributed by atoms with Crippen LogP contribution in [0.3, 0.4) is 0 Å². The van der Waals surface area contributed by atoms with Crippen LogP contribution in [0.4, 0.5) is 11.4 Å². The Morgan fingerprint density at radius 3 is 2.65 bits per heavy atom. The van der Waals surface area contributed by atoms with Crippen LogP contribution in [0.1, 0.15) is 18.7 Å². The number of hydrogen-bond acceptors (Lipinski definition) is 4. The van der Waals surface area contributed by atoms with Crippen molar-refractivity contribution in [3.8, 4) is 0 Å². The first kappa shape index (κ1) is 15.3. The quantitative estimate of drug-likeness (QED) is 0.916. The maximum absolute atomic E-state index is 12.2. The lowest BCUT2D eigenvalue weighted by molar-refractivity contribution is -0.117. The van der Waals surface area contributed by atoms with E-state index in [-0.39, 0.29) is 18.1 Å². The third kappa shape index (κ3) is 3.28.